The van der Waals surface area contributed by atoms with Gasteiger partial charge < -0.3 is 4.57 Å². The third-order valence-corrected chi connectivity index (χ3v) is 11.8. The van der Waals surface area contributed by atoms with Gasteiger partial charge in [-0.2, -0.15) is 0 Å². The first kappa shape index (κ1) is 32.2. The average Bonchev–Trinajstić information content (AvgIpc) is 3.82. The fourth-order valence-corrected chi connectivity index (χ4v) is 9.12. The Kier molecular flexibility index (Phi) is 7.64. The molecular weight excluding hydrogens is 701 g/mol. The van der Waals surface area contributed by atoms with Crippen molar-refractivity contribution in [2.75, 3.05) is 0 Å². The highest BCUT2D eigenvalue weighted by Crippen LogP contribution is 2.41. The molecule has 262 valence electrons. The lowest BCUT2D eigenvalue weighted by atomic mass is 9.99. The minimum atomic E-state index is 0.629. The summed E-state index contributed by atoms with van der Waals surface area (Å²) in [6.45, 7) is 0. The summed E-state index contributed by atoms with van der Waals surface area (Å²) < 4.78 is 5.04. The van der Waals surface area contributed by atoms with Crippen LogP contribution in [-0.4, -0.2) is 19.5 Å². The van der Waals surface area contributed by atoms with Gasteiger partial charge >= 0.3 is 0 Å². The molecule has 0 unspecified atom stereocenters. The fraction of sp³-hybridized carbons (Fsp3) is 0. The van der Waals surface area contributed by atoms with E-state index in [1.807, 2.05) is 72.0 Å². The third-order valence-electron chi connectivity index (χ3n) is 10.7. The minimum Gasteiger partial charge on any atom is -0.309 e. The summed E-state index contributed by atoms with van der Waals surface area (Å²) in [6.07, 6.45) is 0. The van der Waals surface area contributed by atoms with Crippen molar-refractivity contribution in [3.05, 3.63) is 194 Å². The van der Waals surface area contributed by atoms with Crippen LogP contribution in [0.5, 0.6) is 0 Å². The Bertz CT molecular complexity index is 3180. The van der Waals surface area contributed by atoms with Crippen LogP contribution in [0.15, 0.2) is 194 Å². The quantitative estimate of drug-likeness (QED) is 0.171. The van der Waals surface area contributed by atoms with Gasteiger partial charge in [0.05, 0.1) is 16.7 Å². The number of aromatic nitrogens is 4. The Balaban J connectivity index is 1.10. The van der Waals surface area contributed by atoms with Crippen LogP contribution >= 0.6 is 11.3 Å². The Hall–Kier alpha value is -7.21. The van der Waals surface area contributed by atoms with Crippen LogP contribution in [0.3, 0.4) is 0 Å². The van der Waals surface area contributed by atoms with Gasteiger partial charge in [-0.05, 0) is 65.2 Å². The van der Waals surface area contributed by atoms with E-state index in [1.165, 1.54) is 42.1 Å². The highest BCUT2D eigenvalue weighted by molar-refractivity contribution is 7.25. The summed E-state index contributed by atoms with van der Waals surface area (Å²) in [4.78, 5) is 15.1. The van der Waals surface area contributed by atoms with Crippen LogP contribution in [-0.2, 0) is 0 Å². The SMILES string of the molecule is c1ccc(-c2nc(-c3ccccc3)nc(-c3ccc(-n4c5ccccc5c5cc(-c6ccc7c(c6)sc6ccccc67)ccc54)c(-c4ccccc4)c3)n2)cc1. The molecule has 0 radical (unpaired) electrons. The second-order valence-electron chi connectivity index (χ2n) is 14.0. The maximum atomic E-state index is 5.07. The molecule has 0 amide bonds. The summed E-state index contributed by atoms with van der Waals surface area (Å²) in [5.41, 5.74) is 10.8. The van der Waals surface area contributed by atoms with E-state index in [9.17, 15) is 0 Å². The lowest BCUT2D eigenvalue weighted by Crippen LogP contribution is -2.02. The lowest BCUT2D eigenvalue weighted by Gasteiger charge is -2.16. The molecule has 11 rings (SSSR count). The number of rotatable bonds is 6. The lowest BCUT2D eigenvalue weighted by molar-refractivity contribution is 1.07. The highest BCUT2D eigenvalue weighted by Gasteiger charge is 2.19. The van der Waals surface area contributed by atoms with E-state index in [-0.39, 0.29) is 0 Å². The molecule has 11 aromatic rings. The Morgan fingerprint density at radius 3 is 1.55 bits per heavy atom. The molecule has 0 spiro atoms. The zero-order chi connectivity index (χ0) is 37.0. The first-order valence-corrected chi connectivity index (χ1v) is 19.6. The molecule has 56 heavy (non-hydrogen) atoms. The first-order chi connectivity index (χ1) is 27.7. The Morgan fingerprint density at radius 2 is 0.839 bits per heavy atom. The first-order valence-electron chi connectivity index (χ1n) is 18.8. The molecular formula is C51H32N4S. The van der Waals surface area contributed by atoms with Crippen molar-refractivity contribution in [1.29, 1.82) is 0 Å². The molecule has 3 heterocycles. The predicted octanol–water partition coefficient (Wildman–Crippen LogP) is 13.7. The molecule has 3 aromatic heterocycles. The van der Waals surface area contributed by atoms with Crippen LogP contribution in [0.25, 0.3) is 104 Å². The van der Waals surface area contributed by atoms with Crippen LogP contribution in [0.4, 0.5) is 0 Å². The smallest absolute Gasteiger partial charge is 0.164 e. The molecule has 0 bridgehead atoms. The van der Waals surface area contributed by atoms with Crippen LogP contribution in [0.1, 0.15) is 0 Å². The summed E-state index contributed by atoms with van der Waals surface area (Å²) in [5, 5.41) is 5.07. The van der Waals surface area contributed by atoms with Gasteiger partial charge in [0.15, 0.2) is 17.5 Å². The van der Waals surface area contributed by atoms with Crippen molar-refractivity contribution in [3.8, 4) is 62.1 Å². The summed E-state index contributed by atoms with van der Waals surface area (Å²) in [7, 11) is 0. The van der Waals surface area contributed by atoms with Gasteiger partial charge in [0.2, 0.25) is 0 Å². The number of nitrogens with zero attached hydrogens (tertiary/aromatic N) is 4. The van der Waals surface area contributed by atoms with E-state index >= 15 is 0 Å². The second kappa shape index (κ2) is 13.3. The molecule has 0 aliphatic rings. The number of hydrogen-bond acceptors (Lipinski definition) is 4. The van der Waals surface area contributed by atoms with E-state index in [1.54, 1.807) is 0 Å². The molecule has 0 N–H and O–H groups in total. The van der Waals surface area contributed by atoms with Crippen molar-refractivity contribution >= 4 is 53.3 Å². The summed E-state index contributed by atoms with van der Waals surface area (Å²) in [6, 6.07) is 68.7. The van der Waals surface area contributed by atoms with E-state index in [0.717, 1.165) is 44.5 Å². The number of thiophene rings is 1. The Labute approximate surface area is 327 Å². The normalized spacial score (nSPS) is 11.6. The van der Waals surface area contributed by atoms with Gasteiger partial charge in [-0.1, -0.05) is 146 Å². The third kappa shape index (κ3) is 5.48. The number of hydrogen-bond donors (Lipinski definition) is 0. The van der Waals surface area contributed by atoms with Gasteiger partial charge in [0.25, 0.3) is 0 Å². The summed E-state index contributed by atoms with van der Waals surface area (Å²) >= 11 is 1.86. The maximum Gasteiger partial charge on any atom is 0.164 e. The average molecular weight is 733 g/mol. The molecule has 0 saturated carbocycles. The maximum absolute atomic E-state index is 5.07. The van der Waals surface area contributed by atoms with E-state index in [4.69, 9.17) is 15.0 Å². The predicted molar refractivity (Wildman–Crippen MR) is 234 cm³/mol. The fourth-order valence-electron chi connectivity index (χ4n) is 7.97. The molecule has 5 heteroatoms. The van der Waals surface area contributed by atoms with E-state index < -0.39 is 0 Å². The molecule has 4 nitrogen and oxygen atoms in total. The van der Waals surface area contributed by atoms with Gasteiger partial charge in [0, 0.05) is 53.2 Å². The highest BCUT2D eigenvalue weighted by atomic mass is 32.1. The summed E-state index contributed by atoms with van der Waals surface area (Å²) in [5.74, 6) is 1.91. The molecule has 0 fully saturated rings. The van der Waals surface area contributed by atoms with Crippen molar-refractivity contribution in [2.24, 2.45) is 0 Å². The Morgan fingerprint density at radius 1 is 0.321 bits per heavy atom. The van der Waals surface area contributed by atoms with Crippen molar-refractivity contribution in [1.82, 2.24) is 19.5 Å². The van der Waals surface area contributed by atoms with Crippen molar-refractivity contribution in [3.63, 3.8) is 0 Å². The van der Waals surface area contributed by atoms with Crippen LogP contribution < -0.4 is 0 Å². The van der Waals surface area contributed by atoms with Crippen molar-refractivity contribution in [2.45, 2.75) is 0 Å². The number of para-hydroxylation sites is 1. The zero-order valence-electron chi connectivity index (χ0n) is 30.2. The second-order valence-corrected chi connectivity index (χ2v) is 15.1. The van der Waals surface area contributed by atoms with E-state index in [2.05, 4.69) is 138 Å². The number of fused-ring (bicyclic) bond motifs is 6. The van der Waals surface area contributed by atoms with Crippen LogP contribution in [0.2, 0.25) is 0 Å². The molecule has 8 aromatic carbocycles. The number of benzene rings is 8. The van der Waals surface area contributed by atoms with Gasteiger partial charge in [-0.15, -0.1) is 11.3 Å². The van der Waals surface area contributed by atoms with Crippen molar-refractivity contribution < 1.29 is 0 Å². The van der Waals surface area contributed by atoms with Gasteiger partial charge in [0.1, 0.15) is 0 Å². The largest absolute Gasteiger partial charge is 0.309 e. The van der Waals surface area contributed by atoms with Gasteiger partial charge in [-0.3, -0.25) is 0 Å². The minimum absolute atomic E-state index is 0.629. The van der Waals surface area contributed by atoms with E-state index in [0.29, 0.717) is 17.5 Å². The molecule has 0 aliphatic carbocycles. The molecule has 0 aliphatic heterocycles. The topological polar surface area (TPSA) is 43.6 Å². The zero-order valence-corrected chi connectivity index (χ0v) is 31.0. The standard InChI is InChI=1S/C51H32N4S/c1-4-14-33(15-5-1)42-31-38(51-53-49(34-16-6-2-7-17-34)52-50(54-51)35-18-8-3-9-19-35)26-29-45(42)55-44-22-12-10-20-39(44)43-30-36(25-28-46(43)55)37-24-27-41-40-21-11-13-23-47(40)56-48(41)32-37/h1-32H. The molecule has 0 atom stereocenters. The molecule has 0 saturated heterocycles. The van der Waals surface area contributed by atoms with Crippen LogP contribution in [0, 0.1) is 0 Å². The monoisotopic (exact) mass is 732 g/mol. The van der Waals surface area contributed by atoms with Gasteiger partial charge in [-0.25, -0.2) is 15.0 Å².